The first-order valence-electron chi connectivity index (χ1n) is 7.54. The number of nitrogens with two attached hydrogens (primary N) is 1. The van der Waals surface area contributed by atoms with E-state index >= 15 is 0 Å². The SMILES string of the molecule is CC(C)(C)c1ccc(C(=O)NC(CN)C2CC2)cc1[N+](=O)[O-].Cl. The van der Waals surface area contributed by atoms with Crippen LogP contribution in [0.3, 0.4) is 0 Å². The molecule has 0 bridgehead atoms. The summed E-state index contributed by atoms with van der Waals surface area (Å²) in [5, 5.41) is 14.2. The van der Waals surface area contributed by atoms with Gasteiger partial charge in [0.15, 0.2) is 0 Å². The molecule has 0 radical (unpaired) electrons. The minimum Gasteiger partial charge on any atom is -0.348 e. The number of nitro benzene ring substituents is 1. The lowest BCUT2D eigenvalue weighted by Crippen LogP contribution is -2.41. The number of halogens is 1. The van der Waals surface area contributed by atoms with Crippen molar-refractivity contribution in [1.29, 1.82) is 0 Å². The third-order valence-electron chi connectivity index (χ3n) is 4.03. The van der Waals surface area contributed by atoms with E-state index in [0.29, 0.717) is 23.6 Å². The van der Waals surface area contributed by atoms with Gasteiger partial charge in [0.05, 0.1) is 4.92 Å². The maximum atomic E-state index is 12.3. The van der Waals surface area contributed by atoms with Crippen LogP contribution in [0.2, 0.25) is 0 Å². The predicted octanol–water partition coefficient (Wildman–Crippen LogP) is 2.78. The Kier molecular flexibility index (Phi) is 6.13. The van der Waals surface area contributed by atoms with Crippen molar-refractivity contribution < 1.29 is 9.72 Å². The topological polar surface area (TPSA) is 98.3 Å². The summed E-state index contributed by atoms with van der Waals surface area (Å²) in [5.74, 6) is 0.142. The summed E-state index contributed by atoms with van der Waals surface area (Å²) in [6.07, 6.45) is 2.15. The Balaban J connectivity index is 0.00000264. The molecule has 1 aliphatic rings. The maximum Gasteiger partial charge on any atom is 0.273 e. The summed E-state index contributed by atoms with van der Waals surface area (Å²) in [7, 11) is 0. The quantitative estimate of drug-likeness (QED) is 0.635. The number of rotatable bonds is 5. The molecule has 128 valence electrons. The fourth-order valence-electron chi connectivity index (χ4n) is 2.58. The Labute approximate surface area is 142 Å². The highest BCUT2D eigenvalue weighted by Gasteiger charge is 2.32. The smallest absolute Gasteiger partial charge is 0.273 e. The highest BCUT2D eigenvalue weighted by atomic mass is 35.5. The van der Waals surface area contributed by atoms with Crippen molar-refractivity contribution in [2.75, 3.05) is 6.54 Å². The molecule has 1 fully saturated rings. The number of nitrogens with one attached hydrogen (secondary N) is 1. The van der Waals surface area contributed by atoms with E-state index in [9.17, 15) is 14.9 Å². The zero-order valence-electron chi connectivity index (χ0n) is 13.7. The predicted molar refractivity (Wildman–Crippen MR) is 92.1 cm³/mol. The van der Waals surface area contributed by atoms with Crippen LogP contribution in [0.4, 0.5) is 5.69 Å². The highest BCUT2D eigenvalue weighted by Crippen LogP contribution is 2.33. The van der Waals surface area contributed by atoms with Gasteiger partial charge in [0.2, 0.25) is 0 Å². The first kappa shape index (κ1) is 19.4. The summed E-state index contributed by atoms with van der Waals surface area (Å²) < 4.78 is 0. The third kappa shape index (κ3) is 4.65. The van der Waals surface area contributed by atoms with Crippen molar-refractivity contribution >= 4 is 24.0 Å². The zero-order chi connectivity index (χ0) is 16.5. The molecule has 2 rings (SSSR count). The van der Waals surface area contributed by atoms with E-state index in [-0.39, 0.29) is 35.5 Å². The summed E-state index contributed by atoms with van der Waals surface area (Å²) in [6.45, 7) is 6.12. The van der Waals surface area contributed by atoms with E-state index < -0.39 is 4.92 Å². The number of hydrogen-bond donors (Lipinski definition) is 2. The van der Waals surface area contributed by atoms with Crippen molar-refractivity contribution in [3.63, 3.8) is 0 Å². The van der Waals surface area contributed by atoms with Gasteiger partial charge in [-0.3, -0.25) is 14.9 Å². The van der Waals surface area contributed by atoms with E-state index in [4.69, 9.17) is 5.73 Å². The van der Waals surface area contributed by atoms with E-state index in [1.54, 1.807) is 12.1 Å². The molecule has 0 spiro atoms. The molecule has 0 heterocycles. The van der Waals surface area contributed by atoms with Crippen LogP contribution in [-0.2, 0) is 5.41 Å². The molecule has 7 heteroatoms. The lowest BCUT2D eigenvalue weighted by Gasteiger charge is -2.20. The molecule has 6 nitrogen and oxygen atoms in total. The normalized spacial score (nSPS) is 15.5. The molecule has 1 amide bonds. The van der Waals surface area contributed by atoms with E-state index in [1.807, 2.05) is 20.8 Å². The molecule has 0 aliphatic heterocycles. The van der Waals surface area contributed by atoms with Gasteiger partial charge < -0.3 is 11.1 Å². The molecule has 3 N–H and O–H groups in total. The molecule has 0 saturated heterocycles. The fraction of sp³-hybridized carbons (Fsp3) is 0.562. The minimum absolute atomic E-state index is 0. The van der Waals surface area contributed by atoms with Gasteiger partial charge in [0, 0.05) is 29.8 Å². The second-order valence-electron chi connectivity index (χ2n) is 6.89. The summed E-state index contributed by atoms with van der Waals surface area (Å²) >= 11 is 0. The first-order valence-corrected chi connectivity index (χ1v) is 7.54. The van der Waals surface area contributed by atoms with Gasteiger partial charge in [-0.05, 0) is 30.2 Å². The van der Waals surface area contributed by atoms with Crippen molar-refractivity contribution in [2.45, 2.75) is 45.1 Å². The lowest BCUT2D eigenvalue weighted by molar-refractivity contribution is -0.386. The maximum absolute atomic E-state index is 12.3. The Morgan fingerprint density at radius 3 is 2.48 bits per heavy atom. The molecular weight excluding hydrogens is 318 g/mol. The summed E-state index contributed by atoms with van der Waals surface area (Å²) in [5.41, 5.74) is 6.22. The second-order valence-corrected chi connectivity index (χ2v) is 6.89. The summed E-state index contributed by atoms with van der Waals surface area (Å²) in [4.78, 5) is 23.2. The van der Waals surface area contributed by atoms with E-state index in [2.05, 4.69) is 5.32 Å². The average Bonchev–Trinajstić information content (AvgIpc) is 3.27. The minimum atomic E-state index is -0.432. The van der Waals surface area contributed by atoms with Crippen LogP contribution in [0.5, 0.6) is 0 Å². The van der Waals surface area contributed by atoms with Crippen molar-refractivity contribution in [2.24, 2.45) is 11.7 Å². The molecule has 1 aliphatic carbocycles. The van der Waals surface area contributed by atoms with Crippen LogP contribution < -0.4 is 11.1 Å². The Hall–Kier alpha value is -1.66. The van der Waals surface area contributed by atoms with Crippen molar-refractivity contribution in [3.05, 3.63) is 39.4 Å². The number of nitro groups is 1. The largest absolute Gasteiger partial charge is 0.348 e. The van der Waals surface area contributed by atoms with Crippen LogP contribution in [-0.4, -0.2) is 23.4 Å². The number of nitrogens with zero attached hydrogens (tertiary/aromatic N) is 1. The fourth-order valence-corrected chi connectivity index (χ4v) is 2.58. The molecule has 1 unspecified atom stereocenters. The molecule has 1 saturated carbocycles. The van der Waals surface area contributed by atoms with Gasteiger partial charge in [-0.25, -0.2) is 0 Å². The standard InChI is InChI=1S/C16H23N3O3.ClH/c1-16(2,3)12-7-6-11(8-14(12)19(21)22)15(20)18-13(9-17)10-4-5-10;/h6-8,10,13H,4-5,9,17H2,1-3H3,(H,18,20);1H. The number of amides is 1. The number of carbonyl (C=O) groups excluding carboxylic acids is 1. The molecular formula is C16H24ClN3O3. The van der Waals surface area contributed by atoms with Gasteiger partial charge in [0.1, 0.15) is 0 Å². The van der Waals surface area contributed by atoms with Crippen LogP contribution in [0.1, 0.15) is 49.5 Å². The van der Waals surface area contributed by atoms with Crippen LogP contribution in [0.25, 0.3) is 0 Å². The molecule has 1 aromatic carbocycles. The van der Waals surface area contributed by atoms with Gasteiger partial charge in [-0.2, -0.15) is 0 Å². The summed E-state index contributed by atoms with van der Waals surface area (Å²) in [6, 6.07) is 4.62. The average molecular weight is 342 g/mol. The molecule has 23 heavy (non-hydrogen) atoms. The number of benzene rings is 1. The van der Waals surface area contributed by atoms with Crippen LogP contribution >= 0.6 is 12.4 Å². The monoisotopic (exact) mass is 341 g/mol. The lowest BCUT2D eigenvalue weighted by atomic mass is 9.85. The van der Waals surface area contributed by atoms with Gasteiger partial charge in [0.25, 0.3) is 11.6 Å². The number of hydrogen-bond acceptors (Lipinski definition) is 4. The molecule has 1 aromatic rings. The second kappa shape index (κ2) is 7.27. The van der Waals surface area contributed by atoms with Crippen LogP contribution in [0.15, 0.2) is 18.2 Å². The third-order valence-corrected chi connectivity index (χ3v) is 4.03. The Bertz CT molecular complexity index is 595. The van der Waals surface area contributed by atoms with E-state index in [1.165, 1.54) is 6.07 Å². The Morgan fingerprint density at radius 2 is 2.04 bits per heavy atom. The van der Waals surface area contributed by atoms with Gasteiger partial charge in [-0.1, -0.05) is 26.8 Å². The van der Waals surface area contributed by atoms with E-state index in [0.717, 1.165) is 12.8 Å². The van der Waals surface area contributed by atoms with Crippen molar-refractivity contribution in [3.8, 4) is 0 Å². The molecule has 1 atom stereocenters. The first-order chi connectivity index (χ1) is 10.2. The Morgan fingerprint density at radius 1 is 1.43 bits per heavy atom. The highest BCUT2D eigenvalue weighted by molar-refractivity contribution is 5.95. The van der Waals surface area contributed by atoms with Gasteiger partial charge >= 0.3 is 0 Å². The zero-order valence-corrected chi connectivity index (χ0v) is 14.5. The molecule has 0 aromatic heterocycles. The van der Waals surface area contributed by atoms with Crippen LogP contribution in [0, 0.1) is 16.0 Å². The van der Waals surface area contributed by atoms with Gasteiger partial charge in [-0.15, -0.1) is 12.4 Å². The number of carbonyl (C=O) groups is 1. The van der Waals surface area contributed by atoms with Crippen molar-refractivity contribution in [1.82, 2.24) is 5.32 Å².